The molecule has 53 heavy (non-hydrogen) atoms. The Morgan fingerprint density at radius 3 is 1.94 bits per heavy atom. The van der Waals surface area contributed by atoms with Crippen LogP contribution >= 0.6 is 0 Å². The summed E-state index contributed by atoms with van der Waals surface area (Å²) in [6, 6.07) is 0. The summed E-state index contributed by atoms with van der Waals surface area (Å²) in [4.78, 5) is 10.5. The van der Waals surface area contributed by atoms with E-state index in [1.807, 2.05) is 0 Å². The maximum absolute atomic E-state index is 11.4. The van der Waals surface area contributed by atoms with Crippen molar-refractivity contribution in [3.8, 4) is 0 Å². The third-order valence-corrected chi connectivity index (χ3v) is 11.3. The highest BCUT2D eigenvalue weighted by Gasteiger charge is 2.44. The molecule has 2 aliphatic rings. The van der Waals surface area contributed by atoms with Gasteiger partial charge in [0.25, 0.3) is 0 Å². The molecule has 0 spiro atoms. The number of aromatic amines is 1. The van der Waals surface area contributed by atoms with Crippen molar-refractivity contribution >= 4 is 0 Å². The zero-order valence-electron chi connectivity index (χ0n) is 33.1. The lowest BCUT2D eigenvalue weighted by Crippen LogP contribution is -2.59. The highest BCUT2D eigenvalue weighted by molar-refractivity contribution is 5.09. The van der Waals surface area contributed by atoms with Gasteiger partial charge in [0.15, 0.2) is 6.29 Å². The second-order valence-electron chi connectivity index (χ2n) is 15.8. The molecule has 2 saturated heterocycles. The van der Waals surface area contributed by atoms with Crippen LogP contribution in [0.15, 0.2) is 6.20 Å². The fourth-order valence-corrected chi connectivity index (χ4v) is 7.71. The largest absolute Gasteiger partial charge is 0.394 e. The van der Waals surface area contributed by atoms with Gasteiger partial charge < -0.3 is 55.3 Å². The number of aliphatic hydroxyl groups is 6. The Labute approximate surface area is 320 Å². The van der Waals surface area contributed by atoms with Crippen molar-refractivity contribution in [2.75, 3.05) is 45.9 Å². The summed E-state index contributed by atoms with van der Waals surface area (Å²) in [5.41, 5.74) is 0.952. The Morgan fingerprint density at radius 2 is 1.34 bits per heavy atom. The molecule has 0 radical (unpaired) electrons. The van der Waals surface area contributed by atoms with Gasteiger partial charge in [-0.3, -0.25) is 0 Å². The minimum atomic E-state index is -1.57. The number of rotatable bonds is 31. The van der Waals surface area contributed by atoms with Gasteiger partial charge in [-0.25, -0.2) is 4.98 Å². The first kappa shape index (κ1) is 46.2. The van der Waals surface area contributed by atoms with Crippen molar-refractivity contribution in [2.45, 2.75) is 197 Å². The zero-order valence-corrected chi connectivity index (χ0v) is 33.1. The molecule has 1 aromatic heterocycles. The van der Waals surface area contributed by atoms with Crippen molar-refractivity contribution < 1.29 is 40.1 Å². The Morgan fingerprint density at radius 1 is 0.774 bits per heavy atom. The van der Waals surface area contributed by atoms with Crippen LogP contribution < -0.4 is 5.32 Å². The number of aromatic nitrogens is 2. The van der Waals surface area contributed by atoms with E-state index in [4.69, 9.17) is 9.47 Å². The third kappa shape index (κ3) is 18.1. The minimum absolute atomic E-state index is 0.165. The molecule has 310 valence electrons. The molecule has 2 fully saturated rings. The number of nitrogens with zero attached hydrogens (tertiary/aromatic N) is 2. The monoisotopic (exact) mass is 755 g/mol. The van der Waals surface area contributed by atoms with Crippen LogP contribution in [0.25, 0.3) is 0 Å². The quantitative estimate of drug-likeness (QED) is 0.0493. The maximum atomic E-state index is 11.4. The van der Waals surface area contributed by atoms with Gasteiger partial charge in [0.1, 0.15) is 30.2 Å². The van der Waals surface area contributed by atoms with Gasteiger partial charge in [-0.2, -0.15) is 0 Å². The van der Waals surface area contributed by atoms with Crippen molar-refractivity contribution in [3.05, 3.63) is 17.7 Å². The lowest BCUT2D eigenvalue weighted by Gasteiger charge is -2.40. The number of H-pyrrole nitrogens is 1. The van der Waals surface area contributed by atoms with Crippen LogP contribution in [0.5, 0.6) is 0 Å². The van der Waals surface area contributed by atoms with Crippen molar-refractivity contribution in [3.63, 3.8) is 0 Å². The van der Waals surface area contributed by atoms with E-state index in [0.717, 1.165) is 57.3 Å². The van der Waals surface area contributed by atoms with Crippen molar-refractivity contribution in [1.29, 1.82) is 0 Å². The van der Waals surface area contributed by atoms with Crippen LogP contribution in [0.4, 0.5) is 0 Å². The number of aryl methyl sites for hydroxylation is 1. The van der Waals surface area contributed by atoms with Gasteiger partial charge in [-0.05, 0) is 32.2 Å². The molecule has 8 N–H and O–H groups in total. The molecule has 0 bridgehead atoms. The van der Waals surface area contributed by atoms with E-state index in [-0.39, 0.29) is 6.61 Å². The SMILES string of the molecule is CCCCCCCCCCCCCC[C@@H](O)[C@@H](O)[C@H](COC1OC(CO)C(O)C(O)C1O)c1ncc(CCCCCCCCCCN2CCNCC2)[nH]1. The predicted octanol–water partition coefficient (Wildman–Crippen LogP) is 4.69. The molecule has 3 rings (SSSR count). The summed E-state index contributed by atoms with van der Waals surface area (Å²) in [7, 11) is 0. The first-order chi connectivity index (χ1) is 25.8. The number of imidazole rings is 1. The number of piperazine rings is 1. The van der Waals surface area contributed by atoms with E-state index >= 15 is 0 Å². The maximum Gasteiger partial charge on any atom is 0.186 e. The molecular weight excluding hydrogens is 676 g/mol. The number of hydrogen-bond acceptors (Lipinski definition) is 11. The van der Waals surface area contributed by atoms with E-state index in [1.54, 1.807) is 6.20 Å². The fourth-order valence-electron chi connectivity index (χ4n) is 7.71. The second kappa shape index (κ2) is 28.2. The molecule has 1 aromatic rings. The Hall–Kier alpha value is -1.19. The topological polar surface area (TPSA) is 184 Å². The van der Waals surface area contributed by atoms with E-state index in [9.17, 15) is 30.6 Å². The van der Waals surface area contributed by atoms with Gasteiger partial charge in [-0.1, -0.05) is 122 Å². The highest BCUT2D eigenvalue weighted by atomic mass is 16.7. The molecule has 0 aromatic carbocycles. The fraction of sp³-hybridized carbons (Fsp3) is 0.927. The molecule has 8 atom stereocenters. The van der Waals surface area contributed by atoms with Gasteiger partial charge in [0.05, 0.1) is 31.3 Å². The standard InChI is InChI=1S/C41H78N4O8/c1-2-3-4-5-6-7-8-9-10-14-17-20-23-34(47)36(48)33(31-52-41-39(51)38(50)37(49)35(30-46)53-41)40-43-29-32(44-40)22-19-16-13-11-12-15-18-21-26-45-27-24-42-25-28-45/h29,33-39,41-42,46-51H,2-28,30-31H2,1H3,(H,43,44)/t33-,34+,35?,36-,37?,38?,39?,41?/m0/s1. The summed E-state index contributed by atoms with van der Waals surface area (Å²) in [5, 5.41) is 66.4. The first-order valence-corrected chi connectivity index (χ1v) is 21.6. The number of nitrogens with one attached hydrogen (secondary N) is 2. The van der Waals surface area contributed by atoms with Crippen LogP contribution in [0.3, 0.4) is 0 Å². The predicted molar refractivity (Wildman–Crippen MR) is 209 cm³/mol. The van der Waals surface area contributed by atoms with Crippen LogP contribution in [0, 0.1) is 0 Å². The van der Waals surface area contributed by atoms with Gasteiger partial charge in [0.2, 0.25) is 0 Å². The van der Waals surface area contributed by atoms with Crippen LogP contribution in [-0.2, 0) is 15.9 Å². The Bertz CT molecular complexity index is 1010. The van der Waals surface area contributed by atoms with E-state index < -0.39 is 55.4 Å². The van der Waals surface area contributed by atoms with Crippen molar-refractivity contribution in [2.24, 2.45) is 0 Å². The van der Waals surface area contributed by atoms with Crippen molar-refractivity contribution in [1.82, 2.24) is 20.2 Å². The normalized spacial score (nSPS) is 24.4. The summed E-state index contributed by atoms with van der Waals surface area (Å²) in [5.74, 6) is -0.276. The van der Waals surface area contributed by atoms with Gasteiger partial charge >= 0.3 is 0 Å². The summed E-state index contributed by atoms with van der Waals surface area (Å²) < 4.78 is 11.4. The Kier molecular flexibility index (Phi) is 24.6. The minimum Gasteiger partial charge on any atom is -0.394 e. The molecule has 0 saturated carbocycles. The summed E-state index contributed by atoms with van der Waals surface area (Å²) in [6.07, 6.45) is 18.2. The molecule has 2 aliphatic heterocycles. The number of unbranched alkanes of at least 4 members (excludes halogenated alkanes) is 18. The summed E-state index contributed by atoms with van der Waals surface area (Å²) >= 11 is 0. The first-order valence-electron chi connectivity index (χ1n) is 21.6. The molecular formula is C41H78N4O8. The molecule has 12 nitrogen and oxygen atoms in total. The molecule has 0 aliphatic carbocycles. The number of ether oxygens (including phenoxy) is 2. The third-order valence-electron chi connectivity index (χ3n) is 11.3. The number of hydrogen-bond donors (Lipinski definition) is 8. The van der Waals surface area contributed by atoms with Crippen LogP contribution in [0.1, 0.15) is 159 Å². The number of aliphatic hydroxyl groups excluding tert-OH is 6. The average molecular weight is 755 g/mol. The summed E-state index contributed by atoms with van der Waals surface area (Å²) in [6.45, 7) is 7.33. The molecule has 12 heteroatoms. The molecule has 3 heterocycles. The second-order valence-corrected chi connectivity index (χ2v) is 15.8. The Balaban J connectivity index is 1.41. The highest BCUT2D eigenvalue weighted by Crippen LogP contribution is 2.27. The van der Waals surface area contributed by atoms with E-state index in [1.165, 1.54) is 116 Å². The zero-order chi connectivity index (χ0) is 38.1. The van der Waals surface area contributed by atoms with E-state index in [2.05, 4.69) is 27.1 Å². The lowest BCUT2D eigenvalue weighted by molar-refractivity contribution is -0.303. The lowest BCUT2D eigenvalue weighted by atomic mass is 9.94. The van der Waals surface area contributed by atoms with Crippen LogP contribution in [0.2, 0.25) is 0 Å². The van der Waals surface area contributed by atoms with Gasteiger partial charge in [0, 0.05) is 38.1 Å². The average Bonchev–Trinajstić information content (AvgIpc) is 3.64. The molecule has 5 unspecified atom stereocenters. The van der Waals surface area contributed by atoms with E-state index in [0.29, 0.717) is 12.2 Å². The molecule has 0 amide bonds. The van der Waals surface area contributed by atoms with Crippen LogP contribution in [-0.4, -0.2) is 134 Å². The smallest absolute Gasteiger partial charge is 0.186 e. The van der Waals surface area contributed by atoms with Gasteiger partial charge in [-0.15, -0.1) is 0 Å².